The maximum atomic E-state index is 6.75. The van der Waals surface area contributed by atoms with Gasteiger partial charge in [0.2, 0.25) is 6.71 Å². The van der Waals surface area contributed by atoms with Crippen molar-refractivity contribution < 1.29 is 9.47 Å². The first-order valence-corrected chi connectivity index (χ1v) is 20.0. The largest absolute Gasteiger partial charge is 0.453 e. The average Bonchev–Trinajstić information content (AvgIpc) is 3.26. The van der Waals surface area contributed by atoms with E-state index in [9.17, 15) is 0 Å². The van der Waals surface area contributed by atoms with Crippen LogP contribution < -0.4 is 57.0 Å². The van der Waals surface area contributed by atoms with Crippen LogP contribution in [0.1, 0.15) is 0 Å². The SMILES string of the molecule is c1ccc(N2c3cc4c(cc3B3c5ccccc5N5c6ccccc6Oc6ccc2c3c65)B2c3ccccc3N3c5ccccc5Oc5ccc(c2c53)S4)cc1. The van der Waals surface area contributed by atoms with Crippen LogP contribution in [0.15, 0.2) is 174 Å². The molecule has 0 unspecified atom stereocenters. The quantitative estimate of drug-likeness (QED) is 0.157. The molecule has 258 valence electrons. The molecule has 8 aromatic carbocycles. The Bertz CT molecular complexity index is 3080. The molecule has 8 aromatic rings. The second-order valence-electron chi connectivity index (χ2n) is 15.2. The summed E-state index contributed by atoms with van der Waals surface area (Å²) in [5, 5.41) is 0. The van der Waals surface area contributed by atoms with Crippen LogP contribution in [0.3, 0.4) is 0 Å². The highest BCUT2D eigenvalue weighted by molar-refractivity contribution is 8.00. The van der Waals surface area contributed by atoms with Crippen molar-refractivity contribution in [2.24, 2.45) is 0 Å². The Morgan fingerprint density at radius 2 is 0.911 bits per heavy atom. The number of ether oxygens (including phenoxy) is 2. The zero-order valence-corrected chi connectivity index (χ0v) is 30.6. The second-order valence-corrected chi connectivity index (χ2v) is 16.3. The number of benzene rings is 8. The minimum atomic E-state index is -0.0110. The van der Waals surface area contributed by atoms with E-state index in [0.29, 0.717) is 0 Å². The van der Waals surface area contributed by atoms with E-state index in [-0.39, 0.29) is 13.4 Å². The van der Waals surface area contributed by atoms with Crippen LogP contribution in [-0.2, 0) is 0 Å². The predicted octanol–water partition coefficient (Wildman–Crippen LogP) is 8.74. The van der Waals surface area contributed by atoms with Crippen LogP contribution in [0, 0.1) is 0 Å². The summed E-state index contributed by atoms with van der Waals surface area (Å²) < 4.78 is 13.4. The molecule has 0 bridgehead atoms. The normalized spacial score (nSPS) is 14.8. The summed E-state index contributed by atoms with van der Waals surface area (Å²) in [5.74, 6) is 3.54. The summed E-state index contributed by atoms with van der Waals surface area (Å²) in [4.78, 5) is 9.92. The fraction of sp³-hybridized carbons (Fsp3) is 0. The third kappa shape index (κ3) is 3.61. The van der Waals surface area contributed by atoms with Gasteiger partial charge in [-0.1, -0.05) is 102 Å². The lowest BCUT2D eigenvalue weighted by atomic mass is 9.31. The maximum Gasteiger partial charge on any atom is 0.252 e. The minimum absolute atomic E-state index is 0.0110. The first kappa shape index (κ1) is 29.6. The van der Waals surface area contributed by atoms with E-state index >= 15 is 0 Å². The molecular weight excluding hydrogens is 704 g/mol. The summed E-state index contributed by atoms with van der Waals surface area (Å²) in [6.45, 7) is 0.0211. The van der Waals surface area contributed by atoms with Crippen molar-refractivity contribution in [1.82, 2.24) is 0 Å². The molecule has 56 heavy (non-hydrogen) atoms. The van der Waals surface area contributed by atoms with Crippen LogP contribution in [0.2, 0.25) is 0 Å². The molecule has 0 spiro atoms. The fourth-order valence-electron chi connectivity index (χ4n) is 10.3. The van der Waals surface area contributed by atoms with Crippen molar-refractivity contribution in [3.05, 3.63) is 164 Å². The summed E-state index contributed by atoms with van der Waals surface area (Å²) in [6.07, 6.45) is 0. The van der Waals surface area contributed by atoms with Crippen LogP contribution in [0.5, 0.6) is 23.0 Å². The summed E-state index contributed by atoms with van der Waals surface area (Å²) in [6, 6.07) is 59.5. The van der Waals surface area contributed by atoms with E-state index in [1.54, 1.807) is 0 Å². The van der Waals surface area contributed by atoms with Crippen molar-refractivity contribution in [1.29, 1.82) is 0 Å². The minimum Gasteiger partial charge on any atom is -0.453 e. The number of anilines is 9. The van der Waals surface area contributed by atoms with Gasteiger partial charge in [-0.2, -0.15) is 0 Å². The molecule has 8 heteroatoms. The third-order valence-corrected chi connectivity index (χ3v) is 13.6. The average molecular weight is 731 g/mol. The molecule has 0 aromatic heterocycles. The van der Waals surface area contributed by atoms with Gasteiger partial charge in [-0.3, -0.25) is 0 Å². The van der Waals surface area contributed by atoms with E-state index in [1.807, 2.05) is 11.8 Å². The summed E-state index contributed by atoms with van der Waals surface area (Å²) in [7, 11) is 0. The van der Waals surface area contributed by atoms with Gasteiger partial charge in [0.25, 0.3) is 6.71 Å². The maximum absolute atomic E-state index is 6.75. The number of rotatable bonds is 1. The summed E-state index contributed by atoms with van der Waals surface area (Å²) >= 11 is 1.88. The van der Waals surface area contributed by atoms with Gasteiger partial charge in [-0.05, 0) is 106 Å². The molecule has 0 saturated carbocycles. The summed E-state index contributed by atoms with van der Waals surface area (Å²) in [5.41, 5.74) is 18.2. The monoisotopic (exact) mass is 731 g/mol. The zero-order chi connectivity index (χ0) is 36.2. The van der Waals surface area contributed by atoms with Gasteiger partial charge in [0.1, 0.15) is 0 Å². The Hall–Kier alpha value is -6.76. The van der Waals surface area contributed by atoms with Crippen molar-refractivity contribution in [2.45, 2.75) is 9.79 Å². The predicted molar refractivity (Wildman–Crippen MR) is 231 cm³/mol. The van der Waals surface area contributed by atoms with E-state index < -0.39 is 0 Å². The molecule has 0 N–H and O–H groups in total. The Labute approximate surface area is 328 Å². The molecule has 14 rings (SSSR count). The van der Waals surface area contributed by atoms with Gasteiger partial charge in [0, 0.05) is 38.2 Å². The molecule has 0 aliphatic carbocycles. The first-order valence-electron chi connectivity index (χ1n) is 19.2. The van der Waals surface area contributed by atoms with Crippen LogP contribution in [0.25, 0.3) is 0 Å². The van der Waals surface area contributed by atoms with Gasteiger partial charge >= 0.3 is 0 Å². The molecule has 0 radical (unpaired) electrons. The van der Waals surface area contributed by atoms with Gasteiger partial charge < -0.3 is 24.2 Å². The third-order valence-electron chi connectivity index (χ3n) is 12.4. The first-order chi connectivity index (χ1) is 27.8. The number of para-hydroxylation sites is 7. The number of hydrogen-bond acceptors (Lipinski definition) is 6. The Morgan fingerprint density at radius 1 is 0.357 bits per heavy atom. The highest BCUT2D eigenvalue weighted by Gasteiger charge is 2.49. The van der Waals surface area contributed by atoms with Gasteiger partial charge in [0.15, 0.2) is 23.0 Å². The highest BCUT2D eigenvalue weighted by atomic mass is 32.2. The Balaban J connectivity index is 1.06. The molecule has 5 nitrogen and oxygen atoms in total. The molecule has 0 atom stereocenters. The van der Waals surface area contributed by atoms with Crippen molar-refractivity contribution in [3.63, 3.8) is 0 Å². The van der Waals surface area contributed by atoms with Crippen LogP contribution in [0.4, 0.5) is 51.2 Å². The van der Waals surface area contributed by atoms with Gasteiger partial charge in [0.05, 0.1) is 22.7 Å². The molecule has 0 saturated heterocycles. The molecule has 0 fully saturated rings. The molecule has 6 aliphatic rings. The lowest BCUT2D eigenvalue weighted by Gasteiger charge is -2.47. The van der Waals surface area contributed by atoms with Crippen LogP contribution >= 0.6 is 11.8 Å². The lowest BCUT2D eigenvalue weighted by molar-refractivity contribution is 0.477. The molecule has 0 amide bonds. The second kappa shape index (κ2) is 10.5. The smallest absolute Gasteiger partial charge is 0.252 e. The van der Waals surface area contributed by atoms with Crippen molar-refractivity contribution in [2.75, 3.05) is 14.7 Å². The molecule has 6 aliphatic heterocycles. The Kier molecular flexibility index (Phi) is 5.55. The van der Waals surface area contributed by atoms with E-state index in [2.05, 4.69) is 178 Å². The van der Waals surface area contributed by atoms with E-state index in [4.69, 9.17) is 9.47 Å². The molecular formula is C48H27B2N3O2S. The number of nitrogens with zero attached hydrogens (tertiary/aromatic N) is 3. The fourth-order valence-corrected chi connectivity index (χ4v) is 11.5. The van der Waals surface area contributed by atoms with Crippen molar-refractivity contribution in [3.8, 4) is 23.0 Å². The van der Waals surface area contributed by atoms with Crippen molar-refractivity contribution >= 4 is 109 Å². The highest BCUT2D eigenvalue weighted by Crippen LogP contribution is 2.55. The molecule has 6 heterocycles. The van der Waals surface area contributed by atoms with Crippen LogP contribution in [-0.4, -0.2) is 13.4 Å². The number of fused-ring (bicyclic) bond motifs is 14. The van der Waals surface area contributed by atoms with Gasteiger partial charge in [-0.25, -0.2) is 0 Å². The Morgan fingerprint density at radius 3 is 1.59 bits per heavy atom. The van der Waals surface area contributed by atoms with E-state index in [1.165, 1.54) is 65.3 Å². The lowest BCUT2D eigenvalue weighted by Crippen LogP contribution is -2.64. The number of hydrogen-bond donors (Lipinski definition) is 0. The standard InChI is InChI=1S/C48H27B2N3O2S/c1-2-12-28(13-3-1)51-37-22-23-41-47-45(37)49(29-14-4-6-16-33(29)52(47)35-18-8-10-20-39(35)54-41)31-26-32-44(27-38(31)51)56-43-25-24-42-48-46(43)50(32)30-15-5-7-17-34(30)53(48)36-19-9-11-21-40(36)55-42/h1-27H. The van der Waals surface area contributed by atoms with Gasteiger partial charge in [-0.15, -0.1) is 0 Å². The zero-order valence-electron chi connectivity index (χ0n) is 29.8. The van der Waals surface area contributed by atoms with E-state index in [0.717, 1.165) is 51.4 Å². The topological polar surface area (TPSA) is 28.2 Å².